The van der Waals surface area contributed by atoms with Gasteiger partial charge >= 0.3 is 0 Å². The van der Waals surface area contributed by atoms with Crippen LogP contribution in [-0.2, 0) is 0 Å². The molecule has 1 fully saturated rings. The number of benzene rings is 1. The molecule has 1 atom stereocenters. The fourth-order valence-electron chi connectivity index (χ4n) is 2.23. The van der Waals surface area contributed by atoms with Gasteiger partial charge in [-0.3, -0.25) is 14.9 Å². The summed E-state index contributed by atoms with van der Waals surface area (Å²) in [5, 5.41) is 17.1. The minimum Gasteiger partial charge on any atom is -0.381 e. The van der Waals surface area contributed by atoms with Crippen molar-refractivity contribution < 1.29 is 9.72 Å². The zero-order valence-electron chi connectivity index (χ0n) is 11.5. The number of carbonyl (C=O) groups excluding carboxylic acids is 1. The third-order valence-electron chi connectivity index (χ3n) is 3.29. The van der Waals surface area contributed by atoms with Crippen LogP contribution < -0.4 is 10.6 Å². The van der Waals surface area contributed by atoms with Crippen LogP contribution in [0.4, 0.5) is 11.4 Å². The van der Waals surface area contributed by atoms with Crippen LogP contribution in [-0.4, -0.2) is 35.4 Å². The summed E-state index contributed by atoms with van der Waals surface area (Å²) in [4.78, 5) is 22.6. The molecule has 0 aromatic heterocycles. The van der Waals surface area contributed by atoms with E-state index in [1.165, 1.54) is 18.6 Å². The highest BCUT2D eigenvalue weighted by molar-refractivity contribution is 8.00. The molecular weight excluding hydrogens is 314 g/mol. The summed E-state index contributed by atoms with van der Waals surface area (Å²) >= 11 is 7.84. The smallest absolute Gasteiger partial charge is 0.294 e. The third kappa shape index (κ3) is 3.79. The molecule has 1 aromatic carbocycles. The number of hydrogen-bond donors (Lipinski definition) is 2. The van der Waals surface area contributed by atoms with Gasteiger partial charge in [0.2, 0.25) is 0 Å². The van der Waals surface area contributed by atoms with E-state index in [0.29, 0.717) is 11.8 Å². The molecule has 0 saturated carbocycles. The highest BCUT2D eigenvalue weighted by Gasteiger charge is 2.22. The van der Waals surface area contributed by atoms with Crippen molar-refractivity contribution in [3.63, 3.8) is 0 Å². The lowest BCUT2D eigenvalue weighted by molar-refractivity contribution is -0.383. The molecule has 1 amide bonds. The second-order valence-electron chi connectivity index (χ2n) is 4.70. The Bertz CT molecular complexity index is 562. The van der Waals surface area contributed by atoms with E-state index in [-0.39, 0.29) is 27.9 Å². The van der Waals surface area contributed by atoms with Crippen molar-refractivity contribution in [2.45, 2.75) is 18.1 Å². The number of nitro benzene ring substituents is 1. The zero-order chi connectivity index (χ0) is 15.4. The Kier molecular flexibility index (Phi) is 5.30. The second-order valence-corrected chi connectivity index (χ2v) is 6.52. The van der Waals surface area contributed by atoms with E-state index in [2.05, 4.69) is 10.6 Å². The van der Waals surface area contributed by atoms with Gasteiger partial charge in [0, 0.05) is 30.5 Å². The Labute approximate surface area is 131 Å². The molecule has 1 unspecified atom stereocenters. The van der Waals surface area contributed by atoms with E-state index in [1.54, 1.807) is 7.05 Å². The number of carbonyl (C=O) groups is 1. The lowest BCUT2D eigenvalue weighted by Gasteiger charge is -2.11. The van der Waals surface area contributed by atoms with Gasteiger partial charge in [-0.25, -0.2) is 0 Å². The van der Waals surface area contributed by atoms with Crippen molar-refractivity contribution in [2.75, 3.05) is 24.7 Å². The molecule has 21 heavy (non-hydrogen) atoms. The standard InChI is InChI=1S/C13H16ClN3O3S/c1-15-12-10(14)5-8(6-11(12)17(19)20)13(18)16-7-9-3-2-4-21-9/h5-6,9,15H,2-4,7H2,1H3,(H,16,18). The topological polar surface area (TPSA) is 84.3 Å². The number of thioether (sulfide) groups is 1. The van der Waals surface area contributed by atoms with E-state index >= 15 is 0 Å². The van der Waals surface area contributed by atoms with Crippen LogP contribution in [0.15, 0.2) is 12.1 Å². The fourth-order valence-corrected chi connectivity index (χ4v) is 3.74. The third-order valence-corrected chi connectivity index (χ3v) is 4.99. The second kappa shape index (κ2) is 7.00. The zero-order valence-corrected chi connectivity index (χ0v) is 13.1. The Morgan fingerprint density at radius 2 is 2.33 bits per heavy atom. The molecule has 1 saturated heterocycles. The van der Waals surface area contributed by atoms with Gasteiger partial charge in [-0.15, -0.1) is 0 Å². The number of nitrogens with one attached hydrogen (secondary N) is 2. The molecule has 2 rings (SSSR count). The molecule has 114 valence electrons. The van der Waals surface area contributed by atoms with Crippen LogP contribution in [0.2, 0.25) is 5.02 Å². The average molecular weight is 330 g/mol. The summed E-state index contributed by atoms with van der Waals surface area (Å²) in [7, 11) is 1.55. The van der Waals surface area contributed by atoms with Gasteiger partial charge in [0.1, 0.15) is 5.69 Å². The van der Waals surface area contributed by atoms with Gasteiger partial charge in [-0.05, 0) is 24.7 Å². The maximum Gasteiger partial charge on any atom is 0.294 e. The maximum absolute atomic E-state index is 12.1. The Hall–Kier alpha value is -1.47. The first kappa shape index (κ1) is 15.9. The highest BCUT2D eigenvalue weighted by Crippen LogP contribution is 2.33. The van der Waals surface area contributed by atoms with Crippen molar-refractivity contribution in [3.05, 3.63) is 32.8 Å². The lowest BCUT2D eigenvalue weighted by Crippen LogP contribution is -2.29. The van der Waals surface area contributed by atoms with Crippen molar-refractivity contribution in [3.8, 4) is 0 Å². The quantitative estimate of drug-likeness (QED) is 0.641. The summed E-state index contributed by atoms with van der Waals surface area (Å²) in [6, 6.07) is 2.69. The number of rotatable bonds is 5. The molecule has 0 aliphatic carbocycles. The number of halogens is 1. The predicted molar refractivity (Wildman–Crippen MR) is 85.5 cm³/mol. The first-order chi connectivity index (χ1) is 10.0. The molecule has 1 aliphatic rings. The van der Waals surface area contributed by atoms with Gasteiger partial charge in [0.15, 0.2) is 0 Å². The van der Waals surface area contributed by atoms with Gasteiger partial charge in [0.25, 0.3) is 11.6 Å². The number of nitro groups is 1. The average Bonchev–Trinajstić information content (AvgIpc) is 2.96. The summed E-state index contributed by atoms with van der Waals surface area (Å²) in [6.07, 6.45) is 2.25. The van der Waals surface area contributed by atoms with Crippen molar-refractivity contribution >= 4 is 40.6 Å². The normalized spacial score (nSPS) is 17.5. The number of hydrogen-bond acceptors (Lipinski definition) is 5. The summed E-state index contributed by atoms with van der Waals surface area (Å²) in [5.41, 5.74) is 0.212. The monoisotopic (exact) mass is 329 g/mol. The molecule has 0 bridgehead atoms. The number of nitrogens with zero attached hydrogens (tertiary/aromatic N) is 1. The van der Waals surface area contributed by atoms with Crippen LogP contribution in [0.5, 0.6) is 0 Å². The molecule has 6 nitrogen and oxygen atoms in total. The van der Waals surface area contributed by atoms with Gasteiger partial charge in [-0.1, -0.05) is 11.6 Å². The van der Waals surface area contributed by atoms with E-state index in [0.717, 1.165) is 12.2 Å². The molecule has 0 spiro atoms. The Morgan fingerprint density at radius 1 is 1.57 bits per heavy atom. The number of anilines is 1. The Morgan fingerprint density at radius 3 is 2.90 bits per heavy atom. The van der Waals surface area contributed by atoms with Gasteiger partial charge in [-0.2, -0.15) is 11.8 Å². The van der Waals surface area contributed by atoms with E-state index < -0.39 is 4.92 Å². The largest absolute Gasteiger partial charge is 0.381 e. The van der Waals surface area contributed by atoms with E-state index in [4.69, 9.17) is 11.6 Å². The first-order valence-corrected chi connectivity index (χ1v) is 8.01. The van der Waals surface area contributed by atoms with Crippen molar-refractivity contribution in [2.24, 2.45) is 0 Å². The van der Waals surface area contributed by atoms with Crippen molar-refractivity contribution in [1.29, 1.82) is 0 Å². The molecular formula is C13H16ClN3O3S. The van der Waals surface area contributed by atoms with Crippen LogP contribution in [0, 0.1) is 10.1 Å². The maximum atomic E-state index is 12.1. The highest BCUT2D eigenvalue weighted by atomic mass is 35.5. The predicted octanol–water partition coefficient (Wildman–Crippen LogP) is 2.92. The van der Waals surface area contributed by atoms with Crippen LogP contribution >= 0.6 is 23.4 Å². The molecule has 1 heterocycles. The summed E-state index contributed by atoms with van der Waals surface area (Å²) in [6.45, 7) is 0.572. The Balaban J connectivity index is 2.14. The summed E-state index contributed by atoms with van der Waals surface area (Å²) < 4.78 is 0. The minimum absolute atomic E-state index is 0.159. The van der Waals surface area contributed by atoms with Crippen LogP contribution in [0.1, 0.15) is 23.2 Å². The SMILES string of the molecule is CNc1c(Cl)cc(C(=O)NCC2CCCS2)cc1[N+](=O)[O-]. The van der Waals surface area contributed by atoms with Crippen LogP contribution in [0.25, 0.3) is 0 Å². The minimum atomic E-state index is -0.554. The molecule has 8 heteroatoms. The summed E-state index contributed by atoms with van der Waals surface area (Å²) in [5.74, 6) is 0.782. The molecule has 2 N–H and O–H groups in total. The molecule has 1 aliphatic heterocycles. The van der Waals surface area contributed by atoms with E-state index in [9.17, 15) is 14.9 Å². The molecule has 1 aromatic rings. The van der Waals surface area contributed by atoms with Crippen molar-refractivity contribution in [1.82, 2.24) is 5.32 Å². The van der Waals surface area contributed by atoms with Gasteiger partial charge < -0.3 is 10.6 Å². The number of amides is 1. The molecule has 0 radical (unpaired) electrons. The van der Waals surface area contributed by atoms with Crippen LogP contribution in [0.3, 0.4) is 0 Å². The first-order valence-electron chi connectivity index (χ1n) is 6.58. The van der Waals surface area contributed by atoms with Gasteiger partial charge in [0.05, 0.1) is 9.95 Å². The lowest BCUT2D eigenvalue weighted by atomic mass is 10.1. The van der Waals surface area contributed by atoms with E-state index in [1.807, 2.05) is 11.8 Å². The fraction of sp³-hybridized carbons (Fsp3) is 0.462.